The van der Waals surface area contributed by atoms with Gasteiger partial charge in [0, 0.05) is 17.2 Å². The van der Waals surface area contributed by atoms with Crippen LogP contribution in [0, 0.1) is 22.7 Å². The van der Waals surface area contributed by atoms with Gasteiger partial charge in [0.05, 0.1) is 12.1 Å². The lowest BCUT2D eigenvalue weighted by molar-refractivity contribution is 0.622. The molecule has 0 spiro atoms. The Bertz CT molecular complexity index is 291. The third-order valence-corrected chi connectivity index (χ3v) is 1.99. The number of nitrogens with two attached hydrogens (primary N) is 1. The van der Waals surface area contributed by atoms with Crippen molar-refractivity contribution < 1.29 is 0 Å². The summed E-state index contributed by atoms with van der Waals surface area (Å²) in [5.74, 6) is 0. The monoisotopic (exact) mass is 189 g/mol. The van der Waals surface area contributed by atoms with Gasteiger partial charge < -0.3 is 5.73 Å². The summed E-state index contributed by atoms with van der Waals surface area (Å²) < 4.78 is 0. The van der Waals surface area contributed by atoms with Crippen molar-refractivity contribution in [1.82, 2.24) is 0 Å². The van der Waals surface area contributed by atoms with Gasteiger partial charge in [-0.15, -0.1) is 0 Å². The fraction of sp³-hybridized carbons (Fsp3) is 0.455. The number of hydrogen-bond acceptors (Lipinski definition) is 3. The fourth-order valence-corrected chi connectivity index (χ4v) is 1.02. The number of rotatable bonds is 6. The molecule has 0 aliphatic heterocycles. The van der Waals surface area contributed by atoms with Crippen LogP contribution in [0.15, 0.2) is 24.3 Å². The summed E-state index contributed by atoms with van der Waals surface area (Å²) in [6.45, 7) is 7.13. The third-order valence-electron chi connectivity index (χ3n) is 1.99. The number of nitriles is 2. The first-order valence-corrected chi connectivity index (χ1v) is 4.54. The van der Waals surface area contributed by atoms with Gasteiger partial charge in [-0.05, 0) is 19.3 Å². The van der Waals surface area contributed by atoms with Crippen LogP contribution in [0.3, 0.4) is 0 Å². The van der Waals surface area contributed by atoms with Crippen molar-refractivity contribution in [3.63, 3.8) is 0 Å². The van der Waals surface area contributed by atoms with E-state index in [-0.39, 0.29) is 6.04 Å². The van der Waals surface area contributed by atoms with Crippen molar-refractivity contribution in [1.29, 1.82) is 10.5 Å². The van der Waals surface area contributed by atoms with Crippen molar-refractivity contribution >= 4 is 0 Å². The maximum absolute atomic E-state index is 8.50. The summed E-state index contributed by atoms with van der Waals surface area (Å²) in [6, 6.07) is 3.69. The predicted octanol–water partition coefficient (Wildman–Crippen LogP) is 2.03. The first-order chi connectivity index (χ1) is 6.61. The van der Waals surface area contributed by atoms with Gasteiger partial charge in [0.25, 0.3) is 0 Å². The van der Waals surface area contributed by atoms with Gasteiger partial charge in [0.15, 0.2) is 0 Å². The molecule has 0 aliphatic rings. The second-order valence-electron chi connectivity index (χ2n) is 3.20. The Hall–Kier alpha value is -1.58. The standard InChI is InChI=1S/C11H15N3/c1-9(7-12)5-3-4-6-11(14)10(2)8-13/h11H,1-6,14H2. The van der Waals surface area contributed by atoms with Gasteiger partial charge in [-0.2, -0.15) is 10.5 Å². The molecule has 0 aromatic carbocycles. The maximum atomic E-state index is 8.50. The Morgan fingerprint density at radius 1 is 1.21 bits per heavy atom. The Balaban J connectivity index is 3.57. The van der Waals surface area contributed by atoms with Crippen LogP contribution in [-0.4, -0.2) is 6.04 Å². The van der Waals surface area contributed by atoms with Crippen LogP contribution in [0.2, 0.25) is 0 Å². The molecule has 0 bridgehead atoms. The van der Waals surface area contributed by atoms with E-state index in [4.69, 9.17) is 16.3 Å². The Morgan fingerprint density at radius 3 is 2.36 bits per heavy atom. The first-order valence-electron chi connectivity index (χ1n) is 4.54. The lowest BCUT2D eigenvalue weighted by Gasteiger charge is -2.07. The van der Waals surface area contributed by atoms with E-state index in [1.54, 1.807) is 0 Å². The van der Waals surface area contributed by atoms with Crippen molar-refractivity contribution in [2.45, 2.75) is 31.7 Å². The minimum absolute atomic E-state index is 0.240. The molecule has 0 rings (SSSR count). The van der Waals surface area contributed by atoms with E-state index in [9.17, 15) is 0 Å². The normalized spacial score (nSPS) is 11.1. The molecule has 0 radical (unpaired) electrons. The van der Waals surface area contributed by atoms with Gasteiger partial charge in [-0.1, -0.05) is 19.6 Å². The fourth-order valence-electron chi connectivity index (χ4n) is 1.02. The Kier molecular flexibility index (Phi) is 6.11. The smallest absolute Gasteiger partial charge is 0.0957 e. The molecular weight excluding hydrogens is 174 g/mol. The summed E-state index contributed by atoms with van der Waals surface area (Å²) >= 11 is 0. The van der Waals surface area contributed by atoms with Crippen LogP contribution in [0.4, 0.5) is 0 Å². The molecule has 3 heteroatoms. The van der Waals surface area contributed by atoms with Crippen molar-refractivity contribution in [3.05, 3.63) is 24.3 Å². The molecule has 0 heterocycles. The molecule has 0 aliphatic carbocycles. The second-order valence-corrected chi connectivity index (χ2v) is 3.20. The second kappa shape index (κ2) is 6.88. The molecule has 0 saturated heterocycles. The summed E-state index contributed by atoms with van der Waals surface area (Å²) in [6.07, 6.45) is 3.23. The molecule has 0 saturated carbocycles. The highest BCUT2D eigenvalue weighted by molar-refractivity contribution is 5.22. The number of unbranched alkanes of at least 4 members (excludes halogenated alkanes) is 1. The molecule has 2 N–H and O–H groups in total. The van der Waals surface area contributed by atoms with Crippen LogP contribution in [0.25, 0.3) is 0 Å². The number of hydrogen-bond donors (Lipinski definition) is 1. The topological polar surface area (TPSA) is 73.6 Å². The molecule has 1 unspecified atom stereocenters. The molecular formula is C11H15N3. The van der Waals surface area contributed by atoms with Crippen LogP contribution < -0.4 is 5.73 Å². The van der Waals surface area contributed by atoms with Crippen LogP contribution >= 0.6 is 0 Å². The molecule has 0 fully saturated rings. The first kappa shape index (κ1) is 12.4. The minimum atomic E-state index is -0.240. The van der Waals surface area contributed by atoms with Crippen LogP contribution in [0.5, 0.6) is 0 Å². The van der Waals surface area contributed by atoms with E-state index in [0.717, 1.165) is 19.3 Å². The Labute approximate surface area is 85.1 Å². The SMILES string of the molecule is C=C(C#N)CCCCC(N)C(=C)C#N. The van der Waals surface area contributed by atoms with Crippen molar-refractivity contribution in [3.8, 4) is 12.1 Å². The molecule has 0 aromatic heterocycles. The van der Waals surface area contributed by atoms with Gasteiger partial charge in [-0.3, -0.25) is 0 Å². The number of nitrogens with zero attached hydrogens (tertiary/aromatic N) is 2. The third kappa shape index (κ3) is 5.13. The van der Waals surface area contributed by atoms with Crippen molar-refractivity contribution in [2.24, 2.45) is 5.73 Å². The number of allylic oxidation sites excluding steroid dienone is 1. The molecule has 0 amide bonds. The van der Waals surface area contributed by atoms with E-state index >= 15 is 0 Å². The van der Waals surface area contributed by atoms with Gasteiger partial charge in [0.2, 0.25) is 0 Å². The quantitative estimate of drug-likeness (QED) is 0.513. The van der Waals surface area contributed by atoms with E-state index in [1.807, 2.05) is 12.1 Å². The summed E-state index contributed by atoms with van der Waals surface area (Å²) in [7, 11) is 0. The lowest BCUT2D eigenvalue weighted by atomic mass is 10.0. The molecule has 14 heavy (non-hydrogen) atoms. The van der Waals surface area contributed by atoms with E-state index < -0.39 is 0 Å². The largest absolute Gasteiger partial charge is 0.323 e. The highest BCUT2D eigenvalue weighted by Crippen LogP contribution is 2.10. The highest BCUT2D eigenvalue weighted by atomic mass is 14.6. The van der Waals surface area contributed by atoms with Crippen molar-refractivity contribution in [2.75, 3.05) is 0 Å². The van der Waals surface area contributed by atoms with Crippen LogP contribution in [0.1, 0.15) is 25.7 Å². The average molecular weight is 189 g/mol. The molecule has 1 atom stereocenters. The van der Waals surface area contributed by atoms with E-state index in [2.05, 4.69) is 13.2 Å². The lowest BCUT2D eigenvalue weighted by Crippen LogP contribution is -2.21. The zero-order chi connectivity index (χ0) is 11.0. The van der Waals surface area contributed by atoms with Gasteiger partial charge in [0.1, 0.15) is 0 Å². The predicted molar refractivity (Wildman–Crippen MR) is 55.9 cm³/mol. The van der Waals surface area contributed by atoms with Gasteiger partial charge in [-0.25, -0.2) is 0 Å². The molecule has 74 valence electrons. The zero-order valence-electron chi connectivity index (χ0n) is 8.29. The Morgan fingerprint density at radius 2 is 1.86 bits per heavy atom. The zero-order valence-corrected chi connectivity index (χ0v) is 8.29. The maximum Gasteiger partial charge on any atom is 0.0957 e. The summed E-state index contributed by atoms with van der Waals surface area (Å²) in [5.41, 5.74) is 6.68. The minimum Gasteiger partial charge on any atom is -0.323 e. The molecule has 3 nitrogen and oxygen atoms in total. The average Bonchev–Trinajstić information content (AvgIpc) is 2.22. The van der Waals surface area contributed by atoms with E-state index in [1.165, 1.54) is 0 Å². The highest BCUT2D eigenvalue weighted by Gasteiger charge is 2.05. The van der Waals surface area contributed by atoms with Gasteiger partial charge >= 0.3 is 0 Å². The molecule has 0 aromatic rings. The summed E-state index contributed by atoms with van der Waals surface area (Å²) in [4.78, 5) is 0. The van der Waals surface area contributed by atoms with Crippen LogP contribution in [-0.2, 0) is 0 Å². The summed E-state index contributed by atoms with van der Waals surface area (Å²) in [5, 5.41) is 16.9. The van der Waals surface area contributed by atoms with E-state index in [0.29, 0.717) is 17.6 Å².